The molecule has 0 aliphatic carbocycles. The van der Waals surface area contributed by atoms with Crippen LogP contribution < -0.4 is 11.1 Å². The summed E-state index contributed by atoms with van der Waals surface area (Å²) in [6, 6.07) is 13.5. The van der Waals surface area contributed by atoms with E-state index in [1.165, 1.54) is 12.5 Å². The van der Waals surface area contributed by atoms with Gasteiger partial charge in [-0.3, -0.25) is 4.68 Å². The van der Waals surface area contributed by atoms with Gasteiger partial charge in [0.25, 0.3) is 0 Å². The van der Waals surface area contributed by atoms with E-state index in [0.29, 0.717) is 36.0 Å². The number of benzene rings is 2. The first-order valence-corrected chi connectivity index (χ1v) is 9.62. The molecule has 0 spiro atoms. The molecule has 2 aromatic carbocycles. The highest BCUT2D eigenvalue weighted by atomic mass is 16.6. The Balaban J connectivity index is 1.59. The van der Waals surface area contributed by atoms with E-state index in [4.69, 9.17) is 17.1 Å². The van der Waals surface area contributed by atoms with Crippen molar-refractivity contribution in [2.45, 2.75) is 13.5 Å². The van der Waals surface area contributed by atoms with Crippen molar-refractivity contribution >= 4 is 40.1 Å². The number of nitrogen functional groups attached to an aromatic ring is 1. The molecule has 0 saturated heterocycles. The number of hydrogen-bond acceptors (Lipinski definition) is 7. The number of hydrogen-bond donors (Lipinski definition) is 2. The SMILES string of the molecule is [C-]#[N+]c1cccc(Cn2ncc3cc(Nc4ncnc(N)c4/C=N\OCC)ccc32)c1. The molecule has 0 saturated carbocycles. The largest absolute Gasteiger partial charge is 0.396 e. The maximum Gasteiger partial charge on any atom is 0.187 e. The zero-order valence-corrected chi connectivity index (χ0v) is 16.9. The monoisotopic (exact) mass is 412 g/mol. The number of nitrogens with zero attached hydrogens (tertiary/aromatic N) is 6. The summed E-state index contributed by atoms with van der Waals surface area (Å²) in [5, 5.41) is 12.6. The molecule has 0 aliphatic heterocycles. The van der Waals surface area contributed by atoms with Crippen LogP contribution in [0.2, 0.25) is 0 Å². The van der Waals surface area contributed by atoms with E-state index in [1.54, 1.807) is 6.07 Å². The van der Waals surface area contributed by atoms with Crippen LogP contribution in [0.3, 0.4) is 0 Å². The molecule has 2 heterocycles. The van der Waals surface area contributed by atoms with Gasteiger partial charge in [0, 0.05) is 11.1 Å². The first-order valence-electron chi connectivity index (χ1n) is 9.62. The van der Waals surface area contributed by atoms with Gasteiger partial charge in [-0.05, 0) is 30.7 Å². The maximum absolute atomic E-state index is 7.18. The number of anilines is 3. The number of aromatic nitrogens is 4. The van der Waals surface area contributed by atoms with Crippen molar-refractivity contribution in [2.75, 3.05) is 17.7 Å². The summed E-state index contributed by atoms with van der Waals surface area (Å²) in [5.41, 5.74) is 9.98. The Hall–Kier alpha value is -4.45. The predicted molar refractivity (Wildman–Crippen MR) is 120 cm³/mol. The lowest BCUT2D eigenvalue weighted by molar-refractivity contribution is 0.160. The summed E-state index contributed by atoms with van der Waals surface area (Å²) < 4.78 is 1.91. The van der Waals surface area contributed by atoms with Crippen LogP contribution in [-0.4, -0.2) is 32.6 Å². The maximum atomic E-state index is 7.18. The summed E-state index contributed by atoms with van der Waals surface area (Å²) in [5.74, 6) is 0.829. The van der Waals surface area contributed by atoms with E-state index >= 15 is 0 Å². The highest BCUT2D eigenvalue weighted by Crippen LogP contribution is 2.25. The Kier molecular flexibility index (Phi) is 5.71. The van der Waals surface area contributed by atoms with E-state index in [9.17, 15) is 0 Å². The standard InChI is InChI=1S/C22H20N8O/c1-3-31-28-12-19-21(23)25-14-26-22(19)29-18-7-8-20-16(10-18)11-27-30(20)13-15-5-4-6-17(9-15)24-2/h4-12,14H,3,13H2,1H3,(H3,23,25,26,29)/b28-12-. The minimum absolute atomic E-state index is 0.302. The van der Waals surface area contributed by atoms with Gasteiger partial charge in [-0.15, -0.1) is 0 Å². The fourth-order valence-electron chi connectivity index (χ4n) is 3.13. The molecule has 9 nitrogen and oxygen atoms in total. The second kappa shape index (κ2) is 8.92. The highest BCUT2D eigenvalue weighted by molar-refractivity contribution is 5.93. The van der Waals surface area contributed by atoms with Crippen molar-refractivity contribution in [3.8, 4) is 0 Å². The van der Waals surface area contributed by atoms with Crippen molar-refractivity contribution in [1.29, 1.82) is 0 Å². The third-order valence-corrected chi connectivity index (χ3v) is 4.58. The number of oxime groups is 1. The zero-order valence-electron chi connectivity index (χ0n) is 16.9. The lowest BCUT2D eigenvalue weighted by atomic mass is 10.2. The fourth-order valence-corrected chi connectivity index (χ4v) is 3.13. The predicted octanol–water partition coefficient (Wildman–Crippen LogP) is 4.12. The van der Waals surface area contributed by atoms with Gasteiger partial charge in [-0.25, -0.2) is 14.8 Å². The topological polar surface area (TPSA) is 108 Å². The van der Waals surface area contributed by atoms with Crippen molar-refractivity contribution in [3.63, 3.8) is 0 Å². The molecule has 0 amide bonds. The third-order valence-electron chi connectivity index (χ3n) is 4.58. The summed E-state index contributed by atoms with van der Waals surface area (Å²) in [6.45, 7) is 10.1. The van der Waals surface area contributed by atoms with E-state index < -0.39 is 0 Å². The van der Waals surface area contributed by atoms with Gasteiger partial charge < -0.3 is 15.9 Å². The van der Waals surface area contributed by atoms with Crippen LogP contribution in [0.25, 0.3) is 15.7 Å². The van der Waals surface area contributed by atoms with Crippen LogP contribution in [0.4, 0.5) is 23.0 Å². The van der Waals surface area contributed by atoms with Gasteiger partial charge in [0.1, 0.15) is 24.6 Å². The normalized spacial score (nSPS) is 11.0. The lowest BCUT2D eigenvalue weighted by Gasteiger charge is -2.10. The van der Waals surface area contributed by atoms with Crippen LogP contribution in [-0.2, 0) is 11.4 Å². The van der Waals surface area contributed by atoms with Crippen LogP contribution in [0.1, 0.15) is 18.1 Å². The Morgan fingerprint density at radius 2 is 2.16 bits per heavy atom. The van der Waals surface area contributed by atoms with Gasteiger partial charge in [0.15, 0.2) is 5.69 Å². The van der Waals surface area contributed by atoms with Gasteiger partial charge in [0.2, 0.25) is 0 Å². The number of rotatable bonds is 7. The summed E-state index contributed by atoms with van der Waals surface area (Å²) in [4.78, 5) is 16.8. The molecule has 0 bridgehead atoms. The van der Waals surface area contributed by atoms with Crippen molar-refractivity contribution in [3.05, 3.63) is 77.5 Å². The second-order valence-corrected chi connectivity index (χ2v) is 6.66. The molecule has 154 valence electrons. The number of nitrogens with two attached hydrogens (primary N) is 1. The molecular weight excluding hydrogens is 392 g/mol. The summed E-state index contributed by atoms with van der Waals surface area (Å²) >= 11 is 0. The van der Waals surface area contributed by atoms with Crippen LogP contribution in [0.5, 0.6) is 0 Å². The molecule has 3 N–H and O–H groups in total. The molecule has 9 heteroatoms. The Morgan fingerprint density at radius 1 is 1.26 bits per heavy atom. The van der Waals surface area contributed by atoms with Gasteiger partial charge >= 0.3 is 0 Å². The molecule has 0 atom stereocenters. The highest BCUT2D eigenvalue weighted by Gasteiger charge is 2.10. The van der Waals surface area contributed by atoms with Crippen LogP contribution in [0.15, 0.2) is 60.1 Å². The first kappa shape index (κ1) is 19.8. The van der Waals surface area contributed by atoms with E-state index in [-0.39, 0.29) is 0 Å². The Bertz CT molecular complexity index is 1290. The van der Waals surface area contributed by atoms with Crippen LogP contribution in [0, 0.1) is 6.57 Å². The Morgan fingerprint density at radius 3 is 3.00 bits per heavy atom. The average Bonchev–Trinajstić information content (AvgIpc) is 3.18. The van der Waals surface area contributed by atoms with Gasteiger partial charge in [-0.2, -0.15) is 5.10 Å². The third kappa shape index (κ3) is 4.43. The van der Waals surface area contributed by atoms with E-state index in [0.717, 1.165) is 22.2 Å². The summed E-state index contributed by atoms with van der Waals surface area (Å²) in [6.07, 6.45) is 4.70. The molecule has 31 heavy (non-hydrogen) atoms. The molecule has 0 radical (unpaired) electrons. The van der Waals surface area contributed by atoms with Gasteiger partial charge in [-0.1, -0.05) is 29.4 Å². The van der Waals surface area contributed by atoms with Crippen LogP contribution >= 0.6 is 0 Å². The molecule has 0 aliphatic rings. The molecular formula is C22H20N8O. The van der Waals surface area contributed by atoms with Crippen molar-refractivity contribution < 1.29 is 4.84 Å². The molecule has 4 rings (SSSR count). The lowest BCUT2D eigenvalue weighted by Crippen LogP contribution is -2.05. The number of fused-ring (bicyclic) bond motifs is 1. The second-order valence-electron chi connectivity index (χ2n) is 6.66. The van der Waals surface area contributed by atoms with E-state index in [2.05, 4.69) is 30.4 Å². The zero-order chi connectivity index (χ0) is 21.6. The Labute approximate surface area is 179 Å². The quantitative estimate of drug-likeness (QED) is 0.269. The van der Waals surface area contributed by atoms with E-state index in [1.807, 2.05) is 54.2 Å². The number of nitrogens with one attached hydrogen (secondary N) is 1. The fraction of sp³-hybridized carbons (Fsp3) is 0.136. The van der Waals surface area contributed by atoms with Crippen molar-refractivity contribution in [2.24, 2.45) is 5.16 Å². The smallest absolute Gasteiger partial charge is 0.187 e. The first-order chi connectivity index (χ1) is 15.2. The molecule has 0 unspecified atom stereocenters. The minimum Gasteiger partial charge on any atom is -0.396 e. The summed E-state index contributed by atoms with van der Waals surface area (Å²) in [7, 11) is 0. The molecule has 0 fully saturated rings. The average molecular weight is 412 g/mol. The molecule has 4 aromatic rings. The van der Waals surface area contributed by atoms with Gasteiger partial charge in [0.05, 0.1) is 36.6 Å². The molecule has 2 aromatic heterocycles. The minimum atomic E-state index is 0.302. The van der Waals surface area contributed by atoms with Crippen molar-refractivity contribution in [1.82, 2.24) is 19.7 Å².